The summed E-state index contributed by atoms with van der Waals surface area (Å²) in [7, 11) is 0. The van der Waals surface area contributed by atoms with Crippen molar-refractivity contribution in [1.29, 1.82) is 0 Å². The van der Waals surface area contributed by atoms with Crippen molar-refractivity contribution < 1.29 is 19.1 Å². The largest absolute Gasteiger partial charge is 0.465 e. The van der Waals surface area contributed by atoms with Crippen LogP contribution in [0, 0.1) is 5.41 Å². The predicted octanol–water partition coefficient (Wildman–Crippen LogP) is 4.56. The lowest BCUT2D eigenvalue weighted by Gasteiger charge is -2.47. The summed E-state index contributed by atoms with van der Waals surface area (Å²) in [6.45, 7) is 6.62. The normalized spacial score (nSPS) is 20.4. The molecule has 0 aliphatic carbocycles. The minimum absolute atomic E-state index is 0.0136. The van der Waals surface area contributed by atoms with Gasteiger partial charge in [-0.2, -0.15) is 4.98 Å². The fraction of sp³-hybridized carbons (Fsp3) is 0.462. The van der Waals surface area contributed by atoms with Crippen LogP contribution in [-0.4, -0.2) is 58.2 Å². The Morgan fingerprint density at radius 2 is 1.94 bits per heavy atom. The van der Waals surface area contributed by atoms with Gasteiger partial charge in [0.25, 0.3) is 0 Å². The first-order valence-corrected chi connectivity index (χ1v) is 12.5. The number of rotatable bonds is 3. The fourth-order valence-electron chi connectivity index (χ4n) is 5.89. The number of carbonyl (C=O) groups is 2. The smallest absolute Gasteiger partial charge is 0.407 e. The highest BCUT2D eigenvalue weighted by molar-refractivity contribution is 6.06. The van der Waals surface area contributed by atoms with Crippen LogP contribution in [0.25, 0.3) is 11.1 Å². The van der Waals surface area contributed by atoms with E-state index in [1.165, 1.54) is 0 Å². The van der Waals surface area contributed by atoms with Crippen LogP contribution in [0.5, 0.6) is 0 Å². The minimum Gasteiger partial charge on any atom is -0.465 e. The Balaban J connectivity index is 1.24. The van der Waals surface area contributed by atoms with Gasteiger partial charge in [0.05, 0.1) is 11.7 Å². The third kappa shape index (κ3) is 3.71. The van der Waals surface area contributed by atoms with E-state index in [-0.39, 0.29) is 11.3 Å². The third-order valence-corrected chi connectivity index (χ3v) is 8.11. The van der Waals surface area contributed by atoms with Crippen LogP contribution in [0.3, 0.4) is 0 Å². The Bertz CT molecular complexity index is 1360. The Kier molecular flexibility index (Phi) is 5.10. The number of furan rings is 1. The molecule has 10 nitrogen and oxygen atoms in total. The van der Waals surface area contributed by atoms with Crippen LogP contribution in [0.2, 0.25) is 0 Å². The number of nitrogens with one attached hydrogen (secondary N) is 2. The van der Waals surface area contributed by atoms with Crippen molar-refractivity contribution >= 4 is 46.2 Å². The van der Waals surface area contributed by atoms with Crippen molar-refractivity contribution in [3.05, 3.63) is 36.1 Å². The van der Waals surface area contributed by atoms with Crippen molar-refractivity contribution in [3.8, 4) is 0 Å². The first kappa shape index (κ1) is 22.6. The summed E-state index contributed by atoms with van der Waals surface area (Å²) in [5.74, 6) is 1.18. The molecule has 3 aliphatic heterocycles. The number of anilines is 4. The highest BCUT2D eigenvalue weighted by Crippen LogP contribution is 2.42. The summed E-state index contributed by atoms with van der Waals surface area (Å²) < 4.78 is 5.76. The van der Waals surface area contributed by atoms with E-state index in [0.717, 1.165) is 61.5 Å². The zero-order valence-electron chi connectivity index (χ0n) is 20.5. The molecule has 2 fully saturated rings. The van der Waals surface area contributed by atoms with Gasteiger partial charge in [0.1, 0.15) is 5.52 Å². The molecule has 2 amide bonds. The second-order valence-corrected chi connectivity index (χ2v) is 10.8. The molecule has 0 atom stereocenters. The average molecular weight is 491 g/mol. The van der Waals surface area contributed by atoms with Gasteiger partial charge in [-0.15, -0.1) is 0 Å². The van der Waals surface area contributed by atoms with Crippen molar-refractivity contribution in [1.82, 2.24) is 14.9 Å². The van der Waals surface area contributed by atoms with E-state index in [0.29, 0.717) is 30.1 Å². The molecule has 2 aromatic heterocycles. The monoisotopic (exact) mass is 490 g/mol. The molecular weight excluding hydrogens is 460 g/mol. The molecular formula is C26H30N6O4. The van der Waals surface area contributed by atoms with Crippen LogP contribution >= 0.6 is 0 Å². The maximum Gasteiger partial charge on any atom is 0.407 e. The minimum atomic E-state index is -0.824. The lowest BCUT2D eigenvalue weighted by molar-refractivity contribution is -0.119. The highest BCUT2D eigenvalue weighted by atomic mass is 16.4. The Hall–Kier alpha value is -3.82. The van der Waals surface area contributed by atoms with Crippen LogP contribution in [0.1, 0.15) is 45.1 Å². The summed E-state index contributed by atoms with van der Waals surface area (Å²) >= 11 is 0. The van der Waals surface area contributed by atoms with Gasteiger partial charge in [-0.1, -0.05) is 6.07 Å². The molecule has 10 heteroatoms. The Labute approximate surface area is 208 Å². The maximum atomic E-state index is 12.3. The number of hydrogen-bond acceptors (Lipinski definition) is 7. The SMILES string of the molecule is CC1(C)C(=O)Nc2cc(Nc3nc(N4CCC5(CCCN(C(=O)O)C5)CC4)c4occc4n3)ccc21. The number of benzene rings is 1. The van der Waals surface area contributed by atoms with Gasteiger partial charge in [0.15, 0.2) is 11.4 Å². The molecule has 3 aromatic rings. The number of hydrogen-bond donors (Lipinski definition) is 3. The number of amides is 2. The first-order valence-electron chi connectivity index (χ1n) is 12.5. The van der Waals surface area contributed by atoms with Gasteiger partial charge in [0, 0.05) is 43.6 Å². The molecule has 6 rings (SSSR count). The Morgan fingerprint density at radius 3 is 2.72 bits per heavy atom. The maximum absolute atomic E-state index is 12.3. The van der Waals surface area contributed by atoms with Gasteiger partial charge in [-0.05, 0) is 62.6 Å². The topological polar surface area (TPSA) is 124 Å². The lowest BCUT2D eigenvalue weighted by atomic mass is 9.72. The molecule has 188 valence electrons. The highest BCUT2D eigenvalue weighted by Gasteiger charge is 2.41. The third-order valence-electron chi connectivity index (χ3n) is 8.11. The molecule has 0 bridgehead atoms. The predicted molar refractivity (Wildman–Crippen MR) is 136 cm³/mol. The van der Waals surface area contributed by atoms with E-state index in [2.05, 4.69) is 20.5 Å². The van der Waals surface area contributed by atoms with Crippen LogP contribution in [0.4, 0.5) is 27.9 Å². The molecule has 1 aromatic carbocycles. The second-order valence-electron chi connectivity index (χ2n) is 10.8. The van der Waals surface area contributed by atoms with E-state index in [1.54, 1.807) is 11.2 Å². The molecule has 2 saturated heterocycles. The number of fused-ring (bicyclic) bond motifs is 2. The van der Waals surface area contributed by atoms with Crippen molar-refractivity contribution in [2.45, 2.75) is 44.9 Å². The molecule has 0 radical (unpaired) electrons. The van der Waals surface area contributed by atoms with Crippen molar-refractivity contribution in [2.24, 2.45) is 5.41 Å². The molecule has 3 aliphatic rings. The zero-order chi connectivity index (χ0) is 25.1. The number of carboxylic acid groups (broad SMARTS) is 1. The van der Waals surface area contributed by atoms with Crippen LogP contribution in [0.15, 0.2) is 34.9 Å². The number of nitrogens with zero attached hydrogens (tertiary/aromatic N) is 4. The van der Waals surface area contributed by atoms with Gasteiger partial charge < -0.3 is 30.0 Å². The molecule has 5 heterocycles. The summed E-state index contributed by atoms with van der Waals surface area (Å²) in [5, 5.41) is 15.7. The van der Waals surface area contributed by atoms with Crippen LogP contribution < -0.4 is 15.5 Å². The number of aromatic nitrogens is 2. The number of piperidine rings is 2. The summed E-state index contributed by atoms with van der Waals surface area (Å²) in [6, 6.07) is 7.63. The molecule has 1 spiro atoms. The van der Waals surface area contributed by atoms with E-state index in [4.69, 9.17) is 9.40 Å². The van der Waals surface area contributed by atoms with Gasteiger partial charge in [0.2, 0.25) is 11.9 Å². The van der Waals surface area contributed by atoms with E-state index in [1.807, 2.05) is 38.1 Å². The van der Waals surface area contributed by atoms with Crippen LogP contribution in [-0.2, 0) is 10.2 Å². The molecule has 36 heavy (non-hydrogen) atoms. The number of carbonyl (C=O) groups excluding carboxylic acids is 1. The quantitative estimate of drug-likeness (QED) is 0.488. The standard InChI is InChI=1S/C26H30N6O4/c1-25(2)17-5-4-16(14-19(17)28-22(25)33)27-23-29-18-6-13-36-20(18)21(30-23)31-11-8-26(9-12-31)7-3-10-32(15-26)24(34)35/h4-6,13-14H,3,7-12,15H2,1-2H3,(H,28,33)(H,34,35)(H,27,29,30). The van der Waals surface area contributed by atoms with E-state index in [9.17, 15) is 14.7 Å². The lowest BCUT2D eigenvalue weighted by Crippen LogP contribution is -2.51. The van der Waals surface area contributed by atoms with Crippen molar-refractivity contribution in [2.75, 3.05) is 41.7 Å². The summed E-state index contributed by atoms with van der Waals surface area (Å²) in [5.41, 5.74) is 3.39. The molecule has 0 unspecified atom stereocenters. The van der Waals surface area contributed by atoms with E-state index < -0.39 is 11.5 Å². The summed E-state index contributed by atoms with van der Waals surface area (Å²) in [4.78, 5) is 37.1. The Morgan fingerprint density at radius 1 is 1.14 bits per heavy atom. The number of likely N-dealkylation sites (tertiary alicyclic amines) is 1. The molecule has 3 N–H and O–H groups in total. The zero-order valence-corrected chi connectivity index (χ0v) is 20.5. The first-order chi connectivity index (χ1) is 17.2. The van der Waals surface area contributed by atoms with Crippen molar-refractivity contribution in [3.63, 3.8) is 0 Å². The van der Waals surface area contributed by atoms with E-state index >= 15 is 0 Å². The fourth-order valence-corrected chi connectivity index (χ4v) is 5.89. The van der Waals surface area contributed by atoms with Gasteiger partial charge in [-0.25, -0.2) is 9.78 Å². The summed E-state index contributed by atoms with van der Waals surface area (Å²) in [6.07, 6.45) is 4.59. The second kappa shape index (κ2) is 8.11. The molecule has 0 saturated carbocycles. The van der Waals surface area contributed by atoms with Gasteiger partial charge in [-0.3, -0.25) is 4.79 Å². The average Bonchev–Trinajstić information content (AvgIpc) is 3.41. The van der Waals surface area contributed by atoms with Gasteiger partial charge >= 0.3 is 6.09 Å².